The highest BCUT2D eigenvalue weighted by Gasteiger charge is 2.23. The molecule has 0 saturated carbocycles. The molecule has 2 N–H and O–H groups in total. The maximum Gasteiger partial charge on any atom is 0.353 e. The van der Waals surface area contributed by atoms with Crippen molar-refractivity contribution in [1.29, 1.82) is 0 Å². The number of rotatable bonds is 5. The summed E-state index contributed by atoms with van der Waals surface area (Å²) in [5, 5.41) is 20.0. The second-order valence-electron chi connectivity index (χ2n) is 6.75. The minimum absolute atomic E-state index is 0.132. The van der Waals surface area contributed by atoms with E-state index >= 15 is 0 Å². The zero-order valence-corrected chi connectivity index (χ0v) is 16.0. The number of fused-ring (bicyclic) bond motifs is 1. The average molecular weight is 385 g/mol. The van der Waals surface area contributed by atoms with E-state index in [0.717, 1.165) is 33.3 Å². The van der Waals surface area contributed by atoms with Gasteiger partial charge in [0, 0.05) is 16.8 Å². The minimum atomic E-state index is -0.475. The monoisotopic (exact) mass is 385 g/mol. The summed E-state index contributed by atoms with van der Waals surface area (Å²) in [6.07, 6.45) is 1.31. The molecule has 0 radical (unpaired) electrons. The first kappa shape index (κ1) is 18.4. The molecular weight excluding hydrogens is 366 g/mol. The van der Waals surface area contributed by atoms with Crippen molar-refractivity contribution in [2.24, 2.45) is 0 Å². The summed E-state index contributed by atoms with van der Waals surface area (Å²) in [5.74, 6) is 0.267. The number of anilines is 4. The Hall–Kier alpha value is -4.00. The predicted molar refractivity (Wildman–Crippen MR) is 115 cm³/mol. The van der Waals surface area contributed by atoms with Crippen LogP contribution in [0.5, 0.6) is 0 Å². The van der Waals surface area contributed by atoms with Crippen molar-refractivity contribution in [3.63, 3.8) is 0 Å². The van der Waals surface area contributed by atoms with Crippen LogP contribution in [-0.2, 0) is 0 Å². The number of hydrogen-bond donors (Lipinski definition) is 2. The molecule has 0 aliphatic carbocycles. The first-order valence-corrected chi connectivity index (χ1v) is 9.11. The molecule has 29 heavy (non-hydrogen) atoms. The molecule has 0 saturated heterocycles. The molecule has 0 aliphatic heterocycles. The summed E-state index contributed by atoms with van der Waals surface area (Å²) < 4.78 is 0. The maximum atomic E-state index is 11.9. The quantitative estimate of drug-likeness (QED) is 0.341. The van der Waals surface area contributed by atoms with Crippen molar-refractivity contribution in [2.75, 3.05) is 10.6 Å². The Morgan fingerprint density at radius 1 is 0.862 bits per heavy atom. The fourth-order valence-electron chi connectivity index (χ4n) is 3.15. The first-order valence-electron chi connectivity index (χ1n) is 9.11. The normalized spacial score (nSPS) is 10.7. The third kappa shape index (κ3) is 3.70. The molecule has 0 amide bonds. The third-order valence-corrected chi connectivity index (χ3v) is 4.82. The number of nitro groups is 1. The van der Waals surface area contributed by atoms with Gasteiger partial charge in [-0.1, -0.05) is 42.5 Å². The fraction of sp³-hybridized carbons (Fsp3) is 0.0909. The molecule has 3 aromatic carbocycles. The Labute approximate surface area is 167 Å². The Kier molecular flexibility index (Phi) is 4.78. The van der Waals surface area contributed by atoms with Gasteiger partial charge in [0.05, 0.1) is 4.92 Å². The van der Waals surface area contributed by atoms with E-state index in [0.29, 0.717) is 0 Å². The van der Waals surface area contributed by atoms with Gasteiger partial charge in [0.2, 0.25) is 11.6 Å². The Morgan fingerprint density at radius 2 is 1.59 bits per heavy atom. The number of hydrogen-bond acceptors (Lipinski definition) is 6. The van der Waals surface area contributed by atoms with Gasteiger partial charge in [-0.05, 0) is 48.6 Å². The lowest BCUT2D eigenvalue weighted by Gasteiger charge is -2.12. The Balaban J connectivity index is 1.75. The molecule has 0 atom stereocenters. The molecule has 0 unspecified atom stereocenters. The van der Waals surface area contributed by atoms with Crippen molar-refractivity contribution in [2.45, 2.75) is 13.8 Å². The zero-order chi connectivity index (χ0) is 20.4. The van der Waals surface area contributed by atoms with Crippen LogP contribution in [0.25, 0.3) is 10.8 Å². The van der Waals surface area contributed by atoms with Crippen molar-refractivity contribution in [3.8, 4) is 0 Å². The fourth-order valence-corrected chi connectivity index (χ4v) is 3.15. The van der Waals surface area contributed by atoms with E-state index in [2.05, 4.69) is 20.6 Å². The van der Waals surface area contributed by atoms with E-state index in [1.54, 1.807) is 0 Å². The van der Waals surface area contributed by atoms with Crippen LogP contribution in [0.15, 0.2) is 67.0 Å². The van der Waals surface area contributed by atoms with Gasteiger partial charge in [0.1, 0.15) is 6.33 Å². The standard InChI is InChI=1S/C22H19N5O2/c1-14-10-11-17(12-15(14)2)25-21-20(27(28)29)22(24-13-23-21)26-19-9-5-7-16-6-3-4-8-18(16)19/h3-13H,1-2H3,(H2,23,24,25,26). The first-order chi connectivity index (χ1) is 14.0. The van der Waals surface area contributed by atoms with Crippen LogP contribution >= 0.6 is 0 Å². The van der Waals surface area contributed by atoms with Gasteiger partial charge in [-0.2, -0.15) is 0 Å². The molecule has 7 heteroatoms. The summed E-state index contributed by atoms with van der Waals surface area (Å²) in [4.78, 5) is 19.6. The van der Waals surface area contributed by atoms with Crippen LogP contribution in [0.1, 0.15) is 11.1 Å². The van der Waals surface area contributed by atoms with E-state index in [4.69, 9.17) is 0 Å². The summed E-state index contributed by atoms with van der Waals surface area (Å²) in [6.45, 7) is 4.00. The van der Waals surface area contributed by atoms with Crippen LogP contribution in [0.2, 0.25) is 0 Å². The summed E-state index contributed by atoms with van der Waals surface area (Å²) >= 11 is 0. The van der Waals surface area contributed by atoms with Crippen LogP contribution in [0.3, 0.4) is 0 Å². The predicted octanol–water partition coefficient (Wildman–Crippen LogP) is 5.64. The van der Waals surface area contributed by atoms with E-state index in [9.17, 15) is 10.1 Å². The van der Waals surface area contributed by atoms with Crippen LogP contribution < -0.4 is 10.6 Å². The molecule has 0 fully saturated rings. The number of nitrogens with zero attached hydrogens (tertiary/aromatic N) is 3. The molecular formula is C22H19N5O2. The van der Waals surface area contributed by atoms with Gasteiger partial charge in [0.15, 0.2) is 0 Å². The second-order valence-corrected chi connectivity index (χ2v) is 6.75. The largest absolute Gasteiger partial charge is 0.353 e. The van der Waals surface area contributed by atoms with Crippen LogP contribution in [0, 0.1) is 24.0 Å². The number of nitrogens with one attached hydrogen (secondary N) is 2. The van der Waals surface area contributed by atoms with Crippen LogP contribution in [-0.4, -0.2) is 14.9 Å². The third-order valence-electron chi connectivity index (χ3n) is 4.82. The second kappa shape index (κ2) is 7.55. The van der Waals surface area contributed by atoms with Gasteiger partial charge in [-0.15, -0.1) is 0 Å². The minimum Gasteiger partial charge on any atom is -0.334 e. The SMILES string of the molecule is Cc1ccc(Nc2ncnc(Nc3cccc4ccccc34)c2[N+](=O)[O-])cc1C. The molecule has 144 valence electrons. The van der Waals surface area contributed by atoms with Gasteiger partial charge in [-0.3, -0.25) is 10.1 Å². The average Bonchev–Trinajstić information content (AvgIpc) is 2.71. The highest BCUT2D eigenvalue weighted by molar-refractivity contribution is 5.96. The van der Waals surface area contributed by atoms with Gasteiger partial charge in [-0.25, -0.2) is 9.97 Å². The maximum absolute atomic E-state index is 11.9. The lowest BCUT2D eigenvalue weighted by molar-refractivity contribution is -0.383. The van der Waals surface area contributed by atoms with E-state index in [1.165, 1.54) is 6.33 Å². The summed E-state index contributed by atoms with van der Waals surface area (Å²) in [5.41, 5.74) is 3.48. The molecule has 7 nitrogen and oxygen atoms in total. The highest BCUT2D eigenvalue weighted by Crippen LogP contribution is 2.35. The summed E-state index contributed by atoms with van der Waals surface area (Å²) in [6, 6.07) is 19.3. The molecule has 0 bridgehead atoms. The number of benzene rings is 3. The number of aryl methyl sites for hydroxylation is 2. The Bertz CT molecular complexity index is 1220. The van der Waals surface area contributed by atoms with Crippen molar-refractivity contribution in [1.82, 2.24) is 9.97 Å². The van der Waals surface area contributed by atoms with Gasteiger partial charge < -0.3 is 10.6 Å². The molecule has 4 rings (SSSR count). The van der Waals surface area contributed by atoms with Crippen molar-refractivity contribution >= 4 is 39.5 Å². The molecule has 4 aromatic rings. The van der Waals surface area contributed by atoms with Crippen LogP contribution in [0.4, 0.5) is 28.7 Å². The van der Waals surface area contributed by atoms with E-state index < -0.39 is 4.92 Å². The Morgan fingerprint density at radius 3 is 2.34 bits per heavy atom. The molecule has 0 aliphatic rings. The molecule has 1 aromatic heterocycles. The lowest BCUT2D eigenvalue weighted by Crippen LogP contribution is -2.06. The highest BCUT2D eigenvalue weighted by atomic mass is 16.6. The van der Waals surface area contributed by atoms with E-state index in [-0.39, 0.29) is 17.3 Å². The smallest absolute Gasteiger partial charge is 0.334 e. The van der Waals surface area contributed by atoms with Gasteiger partial charge >= 0.3 is 5.69 Å². The topological polar surface area (TPSA) is 93.0 Å². The summed E-state index contributed by atoms with van der Waals surface area (Å²) in [7, 11) is 0. The van der Waals surface area contributed by atoms with E-state index in [1.807, 2.05) is 74.5 Å². The van der Waals surface area contributed by atoms with Crippen molar-refractivity contribution in [3.05, 3.63) is 88.2 Å². The van der Waals surface area contributed by atoms with Crippen molar-refractivity contribution < 1.29 is 4.92 Å². The molecule has 1 heterocycles. The van der Waals surface area contributed by atoms with Gasteiger partial charge in [0.25, 0.3) is 0 Å². The lowest BCUT2D eigenvalue weighted by atomic mass is 10.1. The number of aromatic nitrogens is 2. The molecule has 0 spiro atoms. The zero-order valence-electron chi connectivity index (χ0n) is 16.0.